The molecule has 2 N–H and O–H groups in total. The van der Waals surface area contributed by atoms with Crippen LogP contribution in [0.15, 0.2) is 53.9 Å². The summed E-state index contributed by atoms with van der Waals surface area (Å²) >= 11 is 1.58. The lowest BCUT2D eigenvalue weighted by Crippen LogP contribution is -2.25. The van der Waals surface area contributed by atoms with Crippen molar-refractivity contribution in [2.24, 2.45) is 0 Å². The number of carbonyl (C=O) groups is 2. The summed E-state index contributed by atoms with van der Waals surface area (Å²) < 4.78 is 11.2. The number of ether oxygens (including phenoxy) is 2. The van der Waals surface area contributed by atoms with Crippen LogP contribution in [-0.4, -0.2) is 23.4 Å². The van der Waals surface area contributed by atoms with E-state index in [4.69, 9.17) is 9.47 Å². The highest BCUT2D eigenvalue weighted by Gasteiger charge is 2.16. The molecule has 2 heterocycles. The lowest BCUT2D eigenvalue weighted by Gasteiger charge is -2.18. The van der Waals surface area contributed by atoms with Crippen molar-refractivity contribution in [1.82, 2.24) is 4.98 Å². The van der Waals surface area contributed by atoms with Crippen LogP contribution in [0.3, 0.4) is 0 Å². The van der Waals surface area contributed by atoms with E-state index in [0.717, 1.165) is 16.3 Å². The van der Waals surface area contributed by atoms with Gasteiger partial charge >= 0.3 is 0 Å². The number of benzene rings is 2. The van der Waals surface area contributed by atoms with Gasteiger partial charge in [-0.3, -0.25) is 9.59 Å². The Hall–Kier alpha value is -3.65. The van der Waals surface area contributed by atoms with Gasteiger partial charge in [0, 0.05) is 22.7 Å². The summed E-state index contributed by atoms with van der Waals surface area (Å²) in [7, 11) is 0. The van der Waals surface area contributed by atoms with Crippen LogP contribution in [0.1, 0.15) is 16.3 Å². The molecule has 2 amide bonds. The Morgan fingerprint density at radius 3 is 3.03 bits per heavy atom. The first kappa shape index (κ1) is 19.7. The van der Waals surface area contributed by atoms with Crippen molar-refractivity contribution in [3.63, 3.8) is 0 Å². The smallest absolute Gasteiger partial charge is 0.262 e. The fourth-order valence-electron chi connectivity index (χ4n) is 2.89. The molecule has 0 radical (unpaired) electrons. The maximum Gasteiger partial charge on any atom is 0.262 e. The molecule has 152 valence electrons. The molecule has 8 heteroatoms. The minimum absolute atomic E-state index is 0.00893. The van der Waals surface area contributed by atoms with Crippen molar-refractivity contribution >= 4 is 40.6 Å². The van der Waals surface area contributed by atoms with Crippen molar-refractivity contribution in [2.45, 2.75) is 13.5 Å². The number of para-hydroxylation sites is 1. The van der Waals surface area contributed by atoms with Gasteiger partial charge < -0.3 is 20.1 Å². The summed E-state index contributed by atoms with van der Waals surface area (Å²) in [5, 5.41) is 8.45. The van der Waals surface area contributed by atoms with Gasteiger partial charge in [-0.2, -0.15) is 0 Å². The van der Waals surface area contributed by atoms with Crippen LogP contribution < -0.4 is 20.1 Å². The van der Waals surface area contributed by atoms with Crippen LogP contribution in [0.2, 0.25) is 0 Å². The van der Waals surface area contributed by atoms with Crippen LogP contribution in [0.4, 0.5) is 11.4 Å². The van der Waals surface area contributed by atoms with Gasteiger partial charge in [-0.1, -0.05) is 18.2 Å². The van der Waals surface area contributed by atoms with Gasteiger partial charge in [-0.15, -0.1) is 11.3 Å². The van der Waals surface area contributed by atoms with Crippen LogP contribution in [0.5, 0.6) is 11.5 Å². The zero-order chi connectivity index (χ0) is 20.9. The van der Waals surface area contributed by atoms with E-state index in [-0.39, 0.29) is 18.4 Å². The number of hydrogen-bond acceptors (Lipinski definition) is 6. The molecule has 1 aliphatic heterocycles. The second kappa shape index (κ2) is 8.79. The molecule has 0 atom stereocenters. The normalized spacial score (nSPS) is 12.8. The van der Waals surface area contributed by atoms with E-state index in [0.29, 0.717) is 29.5 Å². The summed E-state index contributed by atoms with van der Waals surface area (Å²) in [5.74, 6) is 0.712. The number of carbonyl (C=O) groups excluding carboxylic acids is 2. The first-order chi connectivity index (χ1) is 14.6. The molecule has 0 saturated carbocycles. The van der Waals surface area contributed by atoms with Crippen molar-refractivity contribution in [2.75, 3.05) is 17.2 Å². The average molecular weight is 421 g/mol. The number of anilines is 2. The quantitative estimate of drug-likeness (QED) is 0.587. The van der Waals surface area contributed by atoms with E-state index >= 15 is 0 Å². The van der Waals surface area contributed by atoms with Crippen molar-refractivity contribution in [3.05, 3.63) is 70.2 Å². The third-order valence-corrected chi connectivity index (χ3v) is 5.08. The summed E-state index contributed by atoms with van der Waals surface area (Å²) in [6.07, 6.45) is 3.13. The van der Waals surface area contributed by atoms with Gasteiger partial charge in [-0.05, 0) is 37.3 Å². The molecule has 1 aromatic heterocycles. The standard InChI is InChI=1S/C22H19N3O4S/c1-14-23-17(13-30-14)11-28-19-5-3-2-4-15(19)6-9-21(26)24-16-7-8-20-18(10-16)25-22(27)12-29-20/h2-10,13H,11-12H2,1H3,(H,24,26)(H,25,27)/b9-6+. The van der Waals surface area contributed by atoms with Crippen LogP contribution in [-0.2, 0) is 16.2 Å². The summed E-state index contributed by atoms with van der Waals surface area (Å²) in [6.45, 7) is 2.31. The maximum absolute atomic E-state index is 12.3. The maximum atomic E-state index is 12.3. The van der Waals surface area contributed by atoms with Crippen molar-refractivity contribution < 1.29 is 19.1 Å². The van der Waals surface area contributed by atoms with E-state index in [1.165, 1.54) is 6.08 Å². The summed E-state index contributed by atoms with van der Waals surface area (Å²) in [4.78, 5) is 28.2. The van der Waals surface area contributed by atoms with Crippen LogP contribution >= 0.6 is 11.3 Å². The molecule has 0 fully saturated rings. The number of amides is 2. The number of hydrogen-bond donors (Lipinski definition) is 2. The second-order valence-corrected chi connectivity index (χ2v) is 7.62. The Bertz CT molecular complexity index is 1120. The molecule has 0 spiro atoms. The Kier molecular flexibility index (Phi) is 5.76. The van der Waals surface area contributed by atoms with Crippen LogP contribution in [0, 0.1) is 6.92 Å². The number of aromatic nitrogens is 1. The first-order valence-corrected chi connectivity index (χ1v) is 10.1. The topological polar surface area (TPSA) is 89.5 Å². The lowest BCUT2D eigenvalue weighted by atomic mass is 10.2. The number of fused-ring (bicyclic) bond motifs is 1. The molecule has 3 aromatic rings. The first-order valence-electron chi connectivity index (χ1n) is 9.25. The fraction of sp³-hybridized carbons (Fsp3) is 0.136. The molecule has 7 nitrogen and oxygen atoms in total. The Morgan fingerprint density at radius 2 is 2.20 bits per heavy atom. The summed E-state index contributed by atoms with van der Waals surface area (Å²) in [6, 6.07) is 12.6. The van der Waals surface area contributed by atoms with Gasteiger partial charge in [0.2, 0.25) is 5.91 Å². The largest absolute Gasteiger partial charge is 0.487 e. The van der Waals surface area contributed by atoms with E-state index in [1.54, 1.807) is 35.6 Å². The number of rotatable bonds is 6. The van der Waals surface area contributed by atoms with E-state index in [1.807, 2.05) is 36.6 Å². The molecule has 0 unspecified atom stereocenters. The number of thiazole rings is 1. The van der Waals surface area contributed by atoms with Gasteiger partial charge in [0.25, 0.3) is 5.91 Å². The zero-order valence-electron chi connectivity index (χ0n) is 16.2. The minimum Gasteiger partial charge on any atom is -0.487 e. The molecule has 2 aromatic carbocycles. The predicted molar refractivity (Wildman–Crippen MR) is 116 cm³/mol. The van der Waals surface area contributed by atoms with Crippen LogP contribution in [0.25, 0.3) is 6.08 Å². The molecule has 1 aliphatic rings. The predicted octanol–water partition coefficient (Wildman–Crippen LogP) is 4.01. The fourth-order valence-corrected chi connectivity index (χ4v) is 3.48. The van der Waals surface area contributed by atoms with Gasteiger partial charge in [0.15, 0.2) is 6.61 Å². The Labute approximate surface area is 177 Å². The van der Waals surface area contributed by atoms with Gasteiger partial charge in [0.1, 0.15) is 18.1 Å². The summed E-state index contributed by atoms with van der Waals surface area (Å²) in [5.41, 5.74) is 2.74. The molecule has 30 heavy (non-hydrogen) atoms. The molecule has 0 saturated heterocycles. The Balaban J connectivity index is 1.40. The monoisotopic (exact) mass is 421 g/mol. The highest BCUT2D eigenvalue weighted by molar-refractivity contribution is 7.09. The number of aryl methyl sites for hydroxylation is 1. The number of nitrogens with zero attached hydrogens (tertiary/aromatic N) is 1. The van der Waals surface area contributed by atoms with E-state index < -0.39 is 0 Å². The van der Waals surface area contributed by atoms with E-state index in [9.17, 15) is 9.59 Å². The zero-order valence-corrected chi connectivity index (χ0v) is 17.0. The molecule has 0 aliphatic carbocycles. The molecule has 0 bridgehead atoms. The van der Waals surface area contributed by atoms with E-state index in [2.05, 4.69) is 15.6 Å². The van der Waals surface area contributed by atoms with Crippen molar-refractivity contribution in [3.8, 4) is 11.5 Å². The van der Waals surface area contributed by atoms with Gasteiger partial charge in [0.05, 0.1) is 16.4 Å². The Morgan fingerprint density at radius 1 is 1.33 bits per heavy atom. The van der Waals surface area contributed by atoms with Crippen molar-refractivity contribution in [1.29, 1.82) is 0 Å². The SMILES string of the molecule is Cc1nc(COc2ccccc2/C=C/C(=O)Nc2ccc3c(c2)NC(=O)CO3)cs1. The number of nitrogens with one attached hydrogen (secondary N) is 2. The minimum atomic E-state index is -0.303. The third-order valence-electron chi connectivity index (χ3n) is 4.26. The third kappa shape index (κ3) is 4.84. The molecular formula is C22H19N3O4S. The second-order valence-electron chi connectivity index (χ2n) is 6.55. The highest BCUT2D eigenvalue weighted by Crippen LogP contribution is 2.30. The van der Waals surface area contributed by atoms with Gasteiger partial charge in [-0.25, -0.2) is 4.98 Å². The molecular weight excluding hydrogens is 402 g/mol. The average Bonchev–Trinajstić information content (AvgIpc) is 3.16. The molecule has 4 rings (SSSR count). The highest BCUT2D eigenvalue weighted by atomic mass is 32.1. The lowest BCUT2D eigenvalue weighted by molar-refractivity contribution is -0.118.